The first-order valence-electron chi connectivity index (χ1n) is 4.00. The van der Waals surface area contributed by atoms with Crippen LogP contribution in [0.15, 0.2) is 18.3 Å². The lowest BCUT2D eigenvalue weighted by molar-refractivity contribution is -0.0570. The third kappa shape index (κ3) is 1.11. The van der Waals surface area contributed by atoms with Gasteiger partial charge in [0.1, 0.15) is 0 Å². The summed E-state index contributed by atoms with van der Waals surface area (Å²) in [5, 5.41) is 0. The van der Waals surface area contributed by atoms with Crippen molar-refractivity contribution in [3.63, 3.8) is 0 Å². The first-order valence-corrected chi connectivity index (χ1v) is 4.00. The number of rotatable bonds is 1. The van der Waals surface area contributed by atoms with Crippen molar-refractivity contribution in [3.8, 4) is 0 Å². The van der Waals surface area contributed by atoms with Gasteiger partial charge in [-0.1, -0.05) is 6.07 Å². The largest absolute Gasteiger partial charge is 0.377 e. The third-order valence-corrected chi connectivity index (χ3v) is 2.21. The average Bonchev–Trinajstić information content (AvgIpc) is 2.02. The topological polar surface area (TPSA) is 48.1 Å². The van der Waals surface area contributed by atoms with Crippen LogP contribution in [0.3, 0.4) is 0 Å². The molecule has 1 aliphatic rings. The molecule has 64 valence electrons. The Labute approximate surface area is 71.6 Å². The number of hydrogen-bond donors (Lipinski definition) is 1. The summed E-state index contributed by atoms with van der Waals surface area (Å²) in [5.74, 6) is 0. The highest BCUT2D eigenvalue weighted by Gasteiger charge is 2.36. The molecule has 0 spiro atoms. The van der Waals surface area contributed by atoms with Crippen molar-refractivity contribution in [2.75, 3.05) is 13.2 Å². The molecule has 0 unspecified atom stereocenters. The van der Waals surface area contributed by atoms with E-state index in [0.29, 0.717) is 13.2 Å². The van der Waals surface area contributed by atoms with Crippen molar-refractivity contribution in [3.05, 3.63) is 29.6 Å². The molecule has 0 aromatic carbocycles. The average molecular weight is 164 g/mol. The molecule has 0 bridgehead atoms. The van der Waals surface area contributed by atoms with Crippen LogP contribution in [0.2, 0.25) is 0 Å². The van der Waals surface area contributed by atoms with Crippen molar-refractivity contribution >= 4 is 0 Å². The highest BCUT2D eigenvalue weighted by molar-refractivity contribution is 5.24. The van der Waals surface area contributed by atoms with Gasteiger partial charge in [-0.2, -0.15) is 0 Å². The summed E-state index contributed by atoms with van der Waals surface area (Å²) in [6.45, 7) is 3.18. The van der Waals surface area contributed by atoms with E-state index in [9.17, 15) is 0 Å². The molecule has 0 saturated carbocycles. The van der Waals surface area contributed by atoms with E-state index in [-0.39, 0.29) is 5.54 Å². The Balaban J connectivity index is 2.28. The summed E-state index contributed by atoms with van der Waals surface area (Å²) in [7, 11) is 0. The van der Waals surface area contributed by atoms with Crippen LogP contribution < -0.4 is 5.73 Å². The maximum Gasteiger partial charge on any atom is 0.0898 e. The van der Waals surface area contributed by atoms with Gasteiger partial charge in [-0.25, -0.2) is 0 Å². The Kier molecular flexibility index (Phi) is 1.63. The first-order chi connectivity index (χ1) is 5.71. The van der Waals surface area contributed by atoms with Gasteiger partial charge in [0.05, 0.1) is 18.8 Å². The Morgan fingerprint density at radius 3 is 2.67 bits per heavy atom. The smallest absolute Gasteiger partial charge is 0.0898 e. The SMILES string of the molecule is Cc1ccc(C2(N)COC2)cn1. The summed E-state index contributed by atoms with van der Waals surface area (Å²) < 4.78 is 5.07. The van der Waals surface area contributed by atoms with Crippen LogP contribution in [0.25, 0.3) is 0 Å². The maximum atomic E-state index is 6.01. The Morgan fingerprint density at radius 1 is 1.50 bits per heavy atom. The molecular weight excluding hydrogens is 152 g/mol. The summed E-state index contributed by atoms with van der Waals surface area (Å²) in [6.07, 6.45) is 1.83. The van der Waals surface area contributed by atoms with Crippen LogP contribution in [-0.2, 0) is 10.3 Å². The molecule has 3 heteroatoms. The quantitative estimate of drug-likeness (QED) is 0.660. The number of hydrogen-bond acceptors (Lipinski definition) is 3. The van der Waals surface area contributed by atoms with E-state index in [2.05, 4.69) is 4.98 Å². The Bertz CT molecular complexity index is 277. The molecule has 12 heavy (non-hydrogen) atoms. The minimum absolute atomic E-state index is 0.277. The molecule has 0 atom stereocenters. The van der Waals surface area contributed by atoms with E-state index in [0.717, 1.165) is 11.3 Å². The summed E-state index contributed by atoms with van der Waals surface area (Å²) in [6, 6.07) is 3.99. The summed E-state index contributed by atoms with van der Waals surface area (Å²) >= 11 is 0. The lowest BCUT2D eigenvalue weighted by atomic mass is 9.90. The van der Waals surface area contributed by atoms with E-state index in [1.165, 1.54) is 0 Å². The first kappa shape index (κ1) is 7.71. The molecular formula is C9H12N2O. The second-order valence-electron chi connectivity index (χ2n) is 3.34. The zero-order valence-electron chi connectivity index (χ0n) is 7.08. The Hall–Kier alpha value is -0.930. The number of pyridine rings is 1. The number of nitrogens with zero attached hydrogens (tertiary/aromatic N) is 1. The molecule has 2 rings (SSSR count). The molecule has 1 aromatic heterocycles. The standard InChI is InChI=1S/C9H12N2O/c1-7-2-3-8(4-11-7)9(10)5-12-6-9/h2-4H,5-6,10H2,1H3. The highest BCUT2D eigenvalue weighted by Crippen LogP contribution is 2.25. The fraction of sp³-hybridized carbons (Fsp3) is 0.444. The van der Waals surface area contributed by atoms with Gasteiger partial charge in [-0.05, 0) is 18.6 Å². The molecule has 0 amide bonds. The van der Waals surface area contributed by atoms with Crippen molar-refractivity contribution in [1.29, 1.82) is 0 Å². The van der Waals surface area contributed by atoms with Crippen LogP contribution in [0.5, 0.6) is 0 Å². The van der Waals surface area contributed by atoms with Crippen LogP contribution in [-0.4, -0.2) is 18.2 Å². The van der Waals surface area contributed by atoms with E-state index in [1.807, 2.05) is 25.3 Å². The molecule has 1 fully saturated rings. The third-order valence-electron chi connectivity index (χ3n) is 2.21. The predicted octanol–water partition coefficient (Wildman–Crippen LogP) is 0.574. The maximum absolute atomic E-state index is 6.01. The molecule has 1 aromatic rings. The summed E-state index contributed by atoms with van der Waals surface area (Å²) in [5.41, 5.74) is 7.82. The second kappa shape index (κ2) is 2.54. The lowest BCUT2D eigenvalue weighted by Gasteiger charge is -2.37. The molecule has 1 aliphatic heterocycles. The second-order valence-corrected chi connectivity index (χ2v) is 3.34. The van der Waals surface area contributed by atoms with Crippen molar-refractivity contribution in [2.45, 2.75) is 12.5 Å². The van der Waals surface area contributed by atoms with Gasteiger partial charge in [0.15, 0.2) is 0 Å². The number of nitrogens with two attached hydrogens (primary N) is 1. The minimum atomic E-state index is -0.277. The van der Waals surface area contributed by atoms with Crippen molar-refractivity contribution < 1.29 is 4.74 Å². The number of aromatic nitrogens is 1. The van der Waals surface area contributed by atoms with Crippen molar-refractivity contribution in [1.82, 2.24) is 4.98 Å². The van der Waals surface area contributed by atoms with Crippen LogP contribution in [0.1, 0.15) is 11.3 Å². The van der Waals surface area contributed by atoms with E-state index in [4.69, 9.17) is 10.5 Å². The van der Waals surface area contributed by atoms with Gasteiger partial charge < -0.3 is 10.5 Å². The normalized spacial score (nSPS) is 20.2. The molecule has 2 heterocycles. The lowest BCUT2D eigenvalue weighted by Crippen LogP contribution is -2.54. The summed E-state index contributed by atoms with van der Waals surface area (Å²) in [4.78, 5) is 4.19. The van der Waals surface area contributed by atoms with Crippen molar-refractivity contribution in [2.24, 2.45) is 5.73 Å². The highest BCUT2D eigenvalue weighted by atomic mass is 16.5. The van der Waals surface area contributed by atoms with E-state index in [1.54, 1.807) is 0 Å². The van der Waals surface area contributed by atoms with E-state index >= 15 is 0 Å². The molecule has 3 nitrogen and oxygen atoms in total. The molecule has 0 radical (unpaired) electrons. The van der Waals surface area contributed by atoms with Crippen LogP contribution >= 0.6 is 0 Å². The number of aryl methyl sites for hydroxylation is 1. The van der Waals surface area contributed by atoms with Crippen LogP contribution in [0, 0.1) is 6.92 Å². The number of ether oxygens (including phenoxy) is 1. The fourth-order valence-corrected chi connectivity index (χ4v) is 1.25. The zero-order valence-corrected chi connectivity index (χ0v) is 7.08. The van der Waals surface area contributed by atoms with Gasteiger partial charge in [0.25, 0.3) is 0 Å². The van der Waals surface area contributed by atoms with Gasteiger partial charge in [-0.15, -0.1) is 0 Å². The molecule has 0 aliphatic carbocycles. The fourth-order valence-electron chi connectivity index (χ4n) is 1.25. The van der Waals surface area contributed by atoms with Gasteiger partial charge in [-0.3, -0.25) is 4.98 Å². The monoisotopic (exact) mass is 164 g/mol. The van der Waals surface area contributed by atoms with E-state index < -0.39 is 0 Å². The Morgan fingerprint density at radius 2 is 2.25 bits per heavy atom. The predicted molar refractivity (Wildman–Crippen MR) is 45.7 cm³/mol. The molecule has 2 N–H and O–H groups in total. The zero-order chi connectivity index (χ0) is 8.60. The van der Waals surface area contributed by atoms with Gasteiger partial charge in [0.2, 0.25) is 0 Å². The molecule has 1 saturated heterocycles. The van der Waals surface area contributed by atoms with Gasteiger partial charge >= 0.3 is 0 Å². The minimum Gasteiger partial charge on any atom is -0.377 e. The van der Waals surface area contributed by atoms with Gasteiger partial charge in [0, 0.05) is 11.9 Å². The van der Waals surface area contributed by atoms with Crippen LogP contribution in [0.4, 0.5) is 0 Å².